The molecule has 82 valence electrons. The first-order valence-electron chi connectivity index (χ1n) is 4.38. The lowest BCUT2D eigenvalue weighted by atomic mass is 9.92. The lowest BCUT2D eigenvalue weighted by Gasteiger charge is -2.18. The van der Waals surface area contributed by atoms with Crippen LogP contribution in [0.25, 0.3) is 0 Å². The average Bonchev–Trinajstić information content (AvgIpc) is 2.19. The molecular weight excluding hydrogens is 334 g/mol. The molecule has 0 aromatic carbocycles. The van der Waals surface area contributed by atoms with Crippen molar-refractivity contribution in [3.8, 4) is 0 Å². The topological polar surface area (TPSA) is 54.4 Å². The Hall–Kier alpha value is 0.550. The van der Waals surface area contributed by atoms with Crippen LogP contribution in [0.15, 0.2) is 0 Å². The molecule has 0 aromatic heterocycles. The van der Waals surface area contributed by atoms with Crippen LogP contribution in [0.4, 0.5) is 0 Å². The Balaban J connectivity index is 0. The lowest BCUT2D eigenvalue weighted by molar-refractivity contribution is -0.126. The van der Waals surface area contributed by atoms with Crippen molar-refractivity contribution in [1.29, 1.82) is 1.43 Å². The second-order valence-corrected chi connectivity index (χ2v) is 7.03. The van der Waals surface area contributed by atoms with Crippen LogP contribution in [0.1, 0.15) is 20.8 Å². The van der Waals surface area contributed by atoms with Crippen molar-refractivity contribution in [1.82, 2.24) is 0 Å². The standard InChI is InChI=1S/C8H14O3.IPS/c1-5(4-9)8(11)6(2)7(3)10;1-2-3/h4-6,8,11H,1-3H3;/t5-,6-,8-;/m0./s1/i11T;. The van der Waals surface area contributed by atoms with Gasteiger partial charge in [0.1, 0.15) is 12.1 Å². The molecule has 0 aliphatic heterocycles. The predicted molar refractivity (Wildman–Crippen MR) is 69.4 cm³/mol. The molecule has 0 fully saturated rings. The van der Waals surface area contributed by atoms with Crippen molar-refractivity contribution in [3.63, 3.8) is 0 Å². The summed E-state index contributed by atoms with van der Waals surface area (Å²) in [7, 11) is 0. The zero-order valence-electron chi connectivity index (χ0n) is 9.27. The second kappa shape index (κ2) is 10.1. The van der Waals surface area contributed by atoms with Crippen molar-refractivity contribution in [2.75, 3.05) is 0 Å². The number of aliphatic hydroxyl groups is 1. The molecule has 0 radical (unpaired) electrons. The third kappa shape index (κ3) is 7.91. The first-order chi connectivity index (χ1) is 6.95. The van der Waals surface area contributed by atoms with Crippen LogP contribution in [0, 0.1) is 11.8 Å². The first kappa shape index (κ1) is 14.6. The van der Waals surface area contributed by atoms with Crippen LogP contribution in [0.5, 0.6) is 0 Å². The van der Waals surface area contributed by atoms with Crippen molar-refractivity contribution in [3.05, 3.63) is 0 Å². The molecule has 0 heterocycles. The van der Waals surface area contributed by atoms with Crippen molar-refractivity contribution in [2.45, 2.75) is 26.9 Å². The van der Waals surface area contributed by atoms with Gasteiger partial charge in [-0.15, -0.1) is 0 Å². The molecule has 0 rings (SSSR count). The van der Waals surface area contributed by atoms with E-state index in [1.807, 2.05) is 0 Å². The number of hydrogen-bond acceptors (Lipinski definition) is 4. The van der Waals surface area contributed by atoms with E-state index in [0.29, 0.717) is 6.29 Å². The molecule has 6 heteroatoms. The van der Waals surface area contributed by atoms with E-state index < -0.39 is 17.9 Å². The number of carbonyl (C=O) groups is 2. The van der Waals surface area contributed by atoms with Gasteiger partial charge >= 0.3 is 0 Å². The summed E-state index contributed by atoms with van der Waals surface area (Å²) in [5.74, 6) is -0.884. The monoisotopic (exact) mass is 350 g/mol. The van der Waals surface area contributed by atoms with Crippen LogP contribution >= 0.6 is 27.0 Å². The fourth-order valence-corrected chi connectivity index (χ4v) is 0.764. The number of carbonyl (C=O) groups excluding carboxylic acids is 2. The number of ketones is 1. The maximum absolute atomic E-state index is 10.9. The summed E-state index contributed by atoms with van der Waals surface area (Å²) in [6, 6.07) is 0. The molecule has 0 saturated heterocycles. The molecule has 0 aliphatic rings. The maximum Gasteiger partial charge on any atom is 0.211 e. The highest BCUT2D eigenvalue weighted by Crippen LogP contribution is 2.11. The molecular formula is C8H14IO3PS. The smallest absolute Gasteiger partial charge is 0.211 e. The van der Waals surface area contributed by atoms with Crippen molar-refractivity contribution >= 4 is 50.9 Å². The number of aldehydes is 1. The van der Waals surface area contributed by atoms with Gasteiger partial charge in [0.2, 0.25) is 1.43 Å². The van der Waals surface area contributed by atoms with Crippen molar-refractivity contribution in [2.24, 2.45) is 11.8 Å². The molecule has 0 saturated carbocycles. The summed E-state index contributed by atoms with van der Waals surface area (Å²) in [6.07, 6.45) is 0.0681. The number of Topliss-reactive ketones (excluding diaryl/α,β-unsaturated/α-hetero) is 1. The molecule has 1 N–H and O–H groups in total. The SMILES string of the molecule is S=PI.[3H]O[C@@H]([C@@H](C)C=O)[C@@H](C)C(C)=O. The summed E-state index contributed by atoms with van der Waals surface area (Å²) >= 11 is 6.43. The largest absolute Gasteiger partial charge is 0.392 e. The van der Waals surface area contributed by atoms with Gasteiger partial charge in [-0.1, -0.05) is 13.8 Å². The molecule has 0 spiro atoms. The van der Waals surface area contributed by atoms with Gasteiger partial charge in [0.25, 0.3) is 0 Å². The van der Waals surface area contributed by atoms with Crippen molar-refractivity contribution < 1.29 is 14.7 Å². The molecule has 3 atom stereocenters. The highest BCUT2D eigenvalue weighted by molar-refractivity contribution is 14.2. The summed E-state index contributed by atoms with van der Waals surface area (Å²) < 4.78 is 6.71. The predicted octanol–water partition coefficient (Wildman–Crippen LogP) is 2.15. The third-order valence-electron chi connectivity index (χ3n) is 1.87. The number of aliphatic hydroxyl groups excluding tert-OH is 1. The van der Waals surface area contributed by atoms with Crippen LogP contribution in [0.3, 0.4) is 0 Å². The van der Waals surface area contributed by atoms with E-state index in [9.17, 15) is 9.59 Å². The van der Waals surface area contributed by atoms with E-state index >= 15 is 0 Å². The molecule has 3 nitrogen and oxygen atoms in total. The zero-order chi connectivity index (χ0) is 12.4. The minimum absolute atomic E-state index is 0.0686. The van der Waals surface area contributed by atoms with Crippen LogP contribution < -0.4 is 0 Å². The second-order valence-electron chi connectivity index (χ2n) is 2.93. The highest BCUT2D eigenvalue weighted by atomic mass is 127. The Kier molecular flexibility index (Phi) is 10.5. The minimum Gasteiger partial charge on any atom is -0.392 e. The van der Waals surface area contributed by atoms with E-state index in [0.717, 1.165) is 5.00 Å². The van der Waals surface area contributed by atoms with Gasteiger partial charge in [-0.25, -0.2) is 0 Å². The van der Waals surface area contributed by atoms with E-state index in [4.69, 9.17) is 1.43 Å². The molecule has 0 aliphatic carbocycles. The zero-order valence-corrected chi connectivity index (χ0v) is 12.1. The summed E-state index contributed by atoms with van der Waals surface area (Å²) in [5, 5.41) is 4.32. The Bertz CT molecular complexity index is 218. The van der Waals surface area contributed by atoms with Gasteiger partial charge in [-0.2, -0.15) is 0 Å². The average molecular weight is 350 g/mol. The van der Waals surface area contributed by atoms with Gasteiger partial charge in [-0.05, 0) is 40.8 Å². The summed E-state index contributed by atoms with van der Waals surface area (Å²) in [6.45, 7) is 4.71. The number of halogens is 1. The summed E-state index contributed by atoms with van der Waals surface area (Å²) in [4.78, 5) is 22.2. The molecule has 0 amide bonds. The van der Waals surface area contributed by atoms with Gasteiger partial charge in [-0.3, -0.25) is 4.79 Å². The van der Waals surface area contributed by atoms with Gasteiger partial charge in [0.05, 0.1) is 6.10 Å². The maximum atomic E-state index is 10.9. The first-order valence-corrected chi connectivity index (χ1v) is 8.66. The molecule has 14 heavy (non-hydrogen) atoms. The van der Waals surface area contributed by atoms with Crippen LogP contribution in [-0.2, 0) is 21.4 Å². The Labute approximate surface area is 105 Å². The van der Waals surface area contributed by atoms with Crippen LogP contribution in [0.2, 0.25) is 0 Å². The quantitative estimate of drug-likeness (QED) is 0.469. The molecule has 0 aromatic rings. The van der Waals surface area contributed by atoms with Crippen LogP contribution in [-0.4, -0.2) is 24.7 Å². The number of rotatable bonds is 5. The number of hydrogen-bond donors (Lipinski definition) is 1. The fourth-order valence-electron chi connectivity index (χ4n) is 0.764. The van der Waals surface area contributed by atoms with E-state index in [1.165, 1.54) is 6.92 Å². The Morgan fingerprint density at radius 2 is 2.14 bits per heavy atom. The third-order valence-corrected chi connectivity index (χ3v) is 1.87. The Morgan fingerprint density at radius 1 is 1.71 bits per heavy atom. The van der Waals surface area contributed by atoms with Gasteiger partial charge in [0.15, 0.2) is 0 Å². The van der Waals surface area contributed by atoms with Gasteiger partial charge < -0.3 is 9.90 Å². The van der Waals surface area contributed by atoms with Gasteiger partial charge in [0, 0.05) is 16.8 Å². The highest BCUT2D eigenvalue weighted by Gasteiger charge is 2.23. The normalized spacial score (nSPS) is 17.0. The lowest BCUT2D eigenvalue weighted by Crippen LogP contribution is -2.30. The fraction of sp³-hybridized carbons (Fsp3) is 0.750. The summed E-state index contributed by atoms with van der Waals surface area (Å²) in [5.41, 5.74) is 0. The molecule has 0 unspecified atom stereocenters. The van der Waals surface area contributed by atoms with E-state index in [-0.39, 0.29) is 5.78 Å². The Morgan fingerprint density at radius 3 is 2.36 bits per heavy atom. The van der Waals surface area contributed by atoms with E-state index in [2.05, 4.69) is 39.0 Å². The van der Waals surface area contributed by atoms with E-state index in [1.54, 1.807) is 13.8 Å². The molecule has 0 bridgehead atoms. The minimum atomic E-state index is -0.625.